The van der Waals surface area contributed by atoms with Gasteiger partial charge in [0.1, 0.15) is 0 Å². The Labute approximate surface area is 71.2 Å². The molecule has 0 saturated heterocycles. The molecule has 0 atom stereocenters. The van der Waals surface area contributed by atoms with E-state index in [0.717, 1.165) is 0 Å². The molecule has 0 fully saturated rings. The Morgan fingerprint density at radius 1 is 1.45 bits per heavy atom. The SMILES string of the molecule is CC(C)(C)C[P-]c1ccc[cH-]1. The minimum atomic E-state index is 0.457. The summed E-state index contributed by atoms with van der Waals surface area (Å²) in [5.41, 5.74) is 0.457. The van der Waals surface area contributed by atoms with Gasteiger partial charge in [0.15, 0.2) is 0 Å². The Hall–Kier alpha value is -0.220. The smallest absolute Gasteiger partial charge is 0.0624 e. The third kappa shape index (κ3) is 3.62. The maximum Gasteiger partial charge on any atom is -0.0624 e. The van der Waals surface area contributed by atoms with Crippen LogP contribution in [-0.2, 0) is 0 Å². The predicted octanol–water partition coefficient (Wildman–Crippen LogP) is 3.02. The molecule has 0 amide bonds. The van der Waals surface area contributed by atoms with Crippen LogP contribution >= 0.6 is 8.58 Å². The van der Waals surface area contributed by atoms with E-state index in [9.17, 15) is 0 Å². The monoisotopic (exact) mass is 166 g/mol. The van der Waals surface area contributed by atoms with Crippen LogP contribution in [0.15, 0.2) is 24.3 Å². The van der Waals surface area contributed by atoms with E-state index in [0.29, 0.717) is 5.41 Å². The van der Waals surface area contributed by atoms with Crippen molar-refractivity contribution in [2.45, 2.75) is 20.8 Å². The van der Waals surface area contributed by atoms with Crippen molar-refractivity contribution in [1.82, 2.24) is 0 Å². The van der Waals surface area contributed by atoms with Gasteiger partial charge < -0.3 is 13.9 Å². The maximum absolute atomic E-state index is 2.28. The van der Waals surface area contributed by atoms with E-state index in [4.69, 9.17) is 0 Å². The second-order valence-corrected chi connectivity index (χ2v) is 5.17. The van der Waals surface area contributed by atoms with Crippen LogP contribution in [0.5, 0.6) is 0 Å². The van der Waals surface area contributed by atoms with Gasteiger partial charge in [-0.25, -0.2) is 12.1 Å². The summed E-state index contributed by atoms with van der Waals surface area (Å²) in [5, 5.41) is 1.44. The van der Waals surface area contributed by atoms with Crippen molar-refractivity contribution in [3.05, 3.63) is 24.3 Å². The Morgan fingerprint density at radius 3 is 2.64 bits per heavy atom. The van der Waals surface area contributed by atoms with Crippen molar-refractivity contribution in [1.29, 1.82) is 0 Å². The lowest BCUT2D eigenvalue weighted by atomic mass is 10.0. The molecule has 1 aromatic carbocycles. The number of hydrogen-bond acceptors (Lipinski definition) is 0. The summed E-state index contributed by atoms with van der Waals surface area (Å²) in [5.74, 6) is 0. The van der Waals surface area contributed by atoms with Crippen LogP contribution in [0.4, 0.5) is 0 Å². The van der Waals surface area contributed by atoms with Gasteiger partial charge >= 0.3 is 0 Å². The van der Waals surface area contributed by atoms with Gasteiger partial charge in [-0.15, -0.1) is 0 Å². The van der Waals surface area contributed by atoms with Gasteiger partial charge in [0.25, 0.3) is 0 Å². The molecule has 62 valence electrons. The van der Waals surface area contributed by atoms with Crippen LogP contribution in [0.1, 0.15) is 20.8 Å². The van der Waals surface area contributed by atoms with Gasteiger partial charge in [-0.3, -0.25) is 0 Å². The summed E-state index contributed by atoms with van der Waals surface area (Å²) in [6.45, 7) is 6.84. The zero-order valence-corrected chi connectivity index (χ0v) is 8.36. The minimum Gasteiger partial charge on any atom is -0.534 e. The average molecular weight is 166 g/mol. The first-order valence-electron chi connectivity index (χ1n) is 3.97. The van der Waals surface area contributed by atoms with Crippen molar-refractivity contribution in [3.8, 4) is 0 Å². The zero-order chi connectivity index (χ0) is 8.32. The summed E-state index contributed by atoms with van der Waals surface area (Å²) in [6, 6.07) is 8.58. The van der Waals surface area contributed by atoms with Crippen LogP contribution < -0.4 is 5.30 Å². The Balaban J connectivity index is 2.35. The summed E-state index contributed by atoms with van der Waals surface area (Å²) in [6.07, 6.45) is 1.25. The molecule has 0 aliphatic heterocycles. The van der Waals surface area contributed by atoms with Crippen LogP contribution in [0, 0.1) is 5.41 Å². The molecule has 1 rings (SSSR count). The van der Waals surface area contributed by atoms with Gasteiger partial charge in [0.05, 0.1) is 0 Å². The van der Waals surface area contributed by atoms with Gasteiger partial charge in [-0.1, -0.05) is 26.2 Å². The molecule has 0 unspecified atom stereocenters. The van der Waals surface area contributed by atoms with Crippen molar-refractivity contribution in [3.63, 3.8) is 0 Å². The first-order valence-corrected chi connectivity index (χ1v) is 5.05. The molecule has 0 N–H and O–H groups in total. The molecular formula is C10H15P-2. The highest BCUT2D eigenvalue weighted by Crippen LogP contribution is 2.24. The first-order chi connectivity index (χ1) is 5.08. The Morgan fingerprint density at radius 2 is 2.18 bits per heavy atom. The molecule has 0 spiro atoms. The van der Waals surface area contributed by atoms with E-state index in [1.807, 2.05) is 0 Å². The minimum absolute atomic E-state index is 0.457. The Bertz CT molecular complexity index is 191. The molecule has 11 heavy (non-hydrogen) atoms. The molecule has 0 aromatic heterocycles. The number of hydrogen-bond donors (Lipinski definition) is 0. The highest BCUT2D eigenvalue weighted by atomic mass is 31.1. The fourth-order valence-corrected chi connectivity index (χ4v) is 1.84. The molecule has 0 heterocycles. The predicted molar refractivity (Wildman–Crippen MR) is 52.9 cm³/mol. The fourth-order valence-electron chi connectivity index (χ4n) is 0.798. The summed E-state index contributed by atoms with van der Waals surface area (Å²) >= 11 is 0. The van der Waals surface area contributed by atoms with E-state index >= 15 is 0 Å². The normalized spacial score (nSPS) is 13.0. The lowest BCUT2D eigenvalue weighted by Gasteiger charge is -2.30. The molecule has 0 aliphatic carbocycles. The highest BCUT2D eigenvalue weighted by Gasteiger charge is 2.00. The van der Waals surface area contributed by atoms with Crippen molar-refractivity contribution in [2.75, 3.05) is 6.16 Å². The second-order valence-electron chi connectivity index (χ2n) is 4.02. The largest absolute Gasteiger partial charge is 0.534 e. The van der Waals surface area contributed by atoms with E-state index in [1.165, 1.54) is 20.0 Å². The van der Waals surface area contributed by atoms with E-state index in [1.54, 1.807) is 0 Å². The molecule has 0 nitrogen and oxygen atoms in total. The summed E-state index contributed by atoms with van der Waals surface area (Å²) in [4.78, 5) is 0. The standard InChI is InChI=1S/C10H15P/c1-10(2,3)8-11-9-6-4-5-7-9/h4-7H,8H2,1-3H3/q-2. The third-order valence-electron chi connectivity index (χ3n) is 1.38. The average Bonchev–Trinajstić information content (AvgIpc) is 2.32. The topological polar surface area (TPSA) is 0 Å². The van der Waals surface area contributed by atoms with E-state index < -0.39 is 0 Å². The number of rotatable bonds is 2. The third-order valence-corrected chi connectivity index (χ3v) is 3.15. The highest BCUT2D eigenvalue weighted by molar-refractivity contribution is 7.47. The molecule has 0 saturated carbocycles. The van der Waals surface area contributed by atoms with Gasteiger partial charge in [-0.2, -0.15) is 18.3 Å². The van der Waals surface area contributed by atoms with Crippen LogP contribution in [0.3, 0.4) is 0 Å². The van der Waals surface area contributed by atoms with Crippen molar-refractivity contribution < 1.29 is 0 Å². The van der Waals surface area contributed by atoms with Crippen molar-refractivity contribution in [2.24, 2.45) is 5.41 Å². The first kappa shape index (κ1) is 8.87. The summed E-state index contributed by atoms with van der Waals surface area (Å²) < 4.78 is 0. The van der Waals surface area contributed by atoms with E-state index in [2.05, 4.69) is 45.0 Å². The lowest BCUT2D eigenvalue weighted by Crippen LogP contribution is -2.09. The summed E-state index contributed by atoms with van der Waals surface area (Å²) in [7, 11) is 1.46. The lowest BCUT2D eigenvalue weighted by molar-refractivity contribution is 0.479. The molecule has 1 aromatic rings. The van der Waals surface area contributed by atoms with Gasteiger partial charge in [0, 0.05) is 0 Å². The van der Waals surface area contributed by atoms with Crippen molar-refractivity contribution >= 4 is 13.9 Å². The molecule has 1 heteroatoms. The van der Waals surface area contributed by atoms with Gasteiger partial charge in [0.2, 0.25) is 0 Å². The van der Waals surface area contributed by atoms with Crippen LogP contribution in [0.25, 0.3) is 0 Å². The molecule has 0 bridgehead atoms. The quantitative estimate of drug-likeness (QED) is 0.468. The molecule has 0 aliphatic rings. The van der Waals surface area contributed by atoms with Crippen LogP contribution in [-0.4, -0.2) is 6.16 Å². The zero-order valence-electron chi connectivity index (χ0n) is 7.46. The van der Waals surface area contributed by atoms with Gasteiger partial charge in [-0.05, 0) is 0 Å². The van der Waals surface area contributed by atoms with E-state index in [-0.39, 0.29) is 0 Å². The molecular weight excluding hydrogens is 151 g/mol. The maximum atomic E-state index is 2.28. The van der Waals surface area contributed by atoms with Crippen LogP contribution in [0.2, 0.25) is 0 Å². The second kappa shape index (κ2) is 3.45. The Kier molecular flexibility index (Phi) is 2.78. The molecule has 0 radical (unpaired) electrons. The fraction of sp³-hybridized carbons (Fsp3) is 0.500.